The zero-order chi connectivity index (χ0) is 13.2. The molecule has 4 nitrogen and oxygen atoms in total. The summed E-state index contributed by atoms with van der Waals surface area (Å²) in [5, 5.41) is 0. The van der Waals surface area contributed by atoms with Crippen molar-refractivity contribution in [1.29, 1.82) is 0 Å². The Bertz CT molecular complexity index is 747. The number of hydrogen-bond acceptors (Lipinski definition) is 3. The molecule has 0 saturated carbocycles. The van der Waals surface area contributed by atoms with Crippen LogP contribution in [0.25, 0.3) is 22.4 Å². The lowest BCUT2D eigenvalue weighted by atomic mass is 10.2. The maximum absolute atomic E-state index is 11.0. The van der Waals surface area contributed by atoms with Crippen molar-refractivity contribution in [2.45, 2.75) is 0 Å². The minimum Gasteiger partial charge on any atom is -0.496 e. The SMILES string of the molecule is COc1ccccc1-c1nc2c(C=O)cccc2[nH]1. The van der Waals surface area contributed by atoms with Gasteiger partial charge in [-0.1, -0.05) is 18.2 Å². The molecule has 0 aliphatic rings. The molecule has 0 bridgehead atoms. The maximum atomic E-state index is 11.0. The first-order valence-electron chi connectivity index (χ1n) is 5.91. The number of nitrogens with one attached hydrogen (secondary N) is 1. The van der Waals surface area contributed by atoms with E-state index in [9.17, 15) is 4.79 Å². The molecule has 0 radical (unpaired) electrons. The van der Waals surface area contributed by atoms with Gasteiger partial charge in [0.25, 0.3) is 0 Å². The van der Waals surface area contributed by atoms with Crippen LogP contribution in [-0.4, -0.2) is 23.4 Å². The van der Waals surface area contributed by atoms with Crippen LogP contribution in [0, 0.1) is 0 Å². The predicted molar refractivity (Wildman–Crippen MR) is 73.5 cm³/mol. The summed E-state index contributed by atoms with van der Waals surface area (Å²) in [6.07, 6.45) is 0.815. The van der Waals surface area contributed by atoms with E-state index in [2.05, 4.69) is 9.97 Å². The van der Waals surface area contributed by atoms with E-state index in [1.165, 1.54) is 0 Å². The van der Waals surface area contributed by atoms with Crippen LogP contribution in [0.2, 0.25) is 0 Å². The number of benzene rings is 2. The number of fused-ring (bicyclic) bond motifs is 1. The number of aromatic nitrogens is 2. The molecule has 0 atom stereocenters. The van der Waals surface area contributed by atoms with Gasteiger partial charge >= 0.3 is 0 Å². The molecular weight excluding hydrogens is 240 g/mol. The van der Waals surface area contributed by atoms with Crippen LogP contribution in [-0.2, 0) is 0 Å². The Hall–Kier alpha value is -2.62. The van der Waals surface area contributed by atoms with Crippen molar-refractivity contribution in [3.05, 3.63) is 48.0 Å². The van der Waals surface area contributed by atoms with E-state index < -0.39 is 0 Å². The number of hydrogen-bond donors (Lipinski definition) is 1. The number of para-hydroxylation sites is 2. The van der Waals surface area contributed by atoms with Gasteiger partial charge < -0.3 is 9.72 Å². The van der Waals surface area contributed by atoms with E-state index in [1.54, 1.807) is 13.2 Å². The van der Waals surface area contributed by atoms with Crippen molar-refractivity contribution < 1.29 is 9.53 Å². The Morgan fingerprint density at radius 3 is 2.79 bits per heavy atom. The smallest absolute Gasteiger partial charge is 0.152 e. The average Bonchev–Trinajstić information content (AvgIpc) is 2.90. The summed E-state index contributed by atoms with van der Waals surface area (Å²) in [6, 6.07) is 13.1. The minimum absolute atomic E-state index is 0.579. The fourth-order valence-corrected chi connectivity index (χ4v) is 2.12. The normalized spacial score (nSPS) is 10.6. The van der Waals surface area contributed by atoms with Crippen LogP contribution in [0.5, 0.6) is 5.75 Å². The van der Waals surface area contributed by atoms with E-state index >= 15 is 0 Å². The number of ether oxygens (including phenoxy) is 1. The molecule has 94 valence electrons. The van der Waals surface area contributed by atoms with E-state index in [4.69, 9.17) is 4.74 Å². The number of methoxy groups -OCH3 is 1. The molecule has 3 aromatic rings. The molecular formula is C15H12N2O2. The lowest BCUT2D eigenvalue weighted by molar-refractivity contribution is 0.112. The first kappa shape index (κ1) is 11.5. The summed E-state index contributed by atoms with van der Waals surface area (Å²) >= 11 is 0. The Morgan fingerprint density at radius 1 is 1.16 bits per heavy atom. The molecule has 4 heteroatoms. The quantitative estimate of drug-likeness (QED) is 0.729. The standard InChI is InChI=1S/C15H12N2O2/c1-19-13-8-3-2-6-11(13)15-16-12-7-4-5-10(9-18)14(12)17-15/h2-9H,1H3,(H,16,17). The van der Waals surface area contributed by atoms with Crippen molar-refractivity contribution in [1.82, 2.24) is 9.97 Å². The predicted octanol–water partition coefficient (Wildman–Crippen LogP) is 3.05. The first-order chi connectivity index (χ1) is 9.33. The second kappa shape index (κ2) is 4.57. The highest BCUT2D eigenvalue weighted by Gasteiger charge is 2.11. The molecule has 0 unspecified atom stereocenters. The van der Waals surface area contributed by atoms with Gasteiger partial charge in [0.2, 0.25) is 0 Å². The highest BCUT2D eigenvalue weighted by Crippen LogP contribution is 2.29. The highest BCUT2D eigenvalue weighted by atomic mass is 16.5. The second-order valence-corrected chi connectivity index (χ2v) is 4.15. The van der Waals surface area contributed by atoms with Gasteiger partial charge in [-0.3, -0.25) is 4.79 Å². The largest absolute Gasteiger partial charge is 0.496 e. The molecule has 0 aliphatic heterocycles. The topological polar surface area (TPSA) is 55.0 Å². The van der Waals surface area contributed by atoms with Crippen LogP contribution >= 0.6 is 0 Å². The molecule has 1 heterocycles. The average molecular weight is 252 g/mol. The second-order valence-electron chi connectivity index (χ2n) is 4.15. The van der Waals surface area contributed by atoms with Gasteiger partial charge in [0, 0.05) is 5.56 Å². The summed E-state index contributed by atoms with van der Waals surface area (Å²) in [5.74, 6) is 1.44. The molecule has 0 aliphatic carbocycles. The third-order valence-electron chi connectivity index (χ3n) is 3.03. The van der Waals surface area contributed by atoms with E-state index in [0.29, 0.717) is 16.9 Å². The van der Waals surface area contributed by atoms with Crippen molar-refractivity contribution in [2.75, 3.05) is 7.11 Å². The Balaban J connectivity index is 2.23. The number of aromatic amines is 1. The van der Waals surface area contributed by atoms with Crippen LogP contribution < -0.4 is 4.74 Å². The minimum atomic E-state index is 0.579. The van der Waals surface area contributed by atoms with Gasteiger partial charge in [0.05, 0.1) is 23.7 Å². The molecule has 0 saturated heterocycles. The fraction of sp³-hybridized carbons (Fsp3) is 0.0667. The molecule has 0 fully saturated rings. The van der Waals surface area contributed by atoms with Crippen molar-refractivity contribution in [2.24, 2.45) is 0 Å². The van der Waals surface area contributed by atoms with Crippen molar-refractivity contribution in [3.63, 3.8) is 0 Å². The monoisotopic (exact) mass is 252 g/mol. The Morgan fingerprint density at radius 2 is 2.00 bits per heavy atom. The van der Waals surface area contributed by atoms with Crippen LogP contribution in [0.1, 0.15) is 10.4 Å². The Labute approximate surface area is 110 Å². The maximum Gasteiger partial charge on any atom is 0.152 e. The van der Waals surface area contributed by atoms with Crippen molar-refractivity contribution >= 4 is 17.3 Å². The molecule has 0 spiro atoms. The van der Waals surface area contributed by atoms with Gasteiger partial charge in [-0.15, -0.1) is 0 Å². The number of nitrogens with zero attached hydrogens (tertiary/aromatic N) is 1. The number of rotatable bonds is 3. The van der Waals surface area contributed by atoms with Gasteiger partial charge in [0.1, 0.15) is 11.6 Å². The lowest BCUT2D eigenvalue weighted by Crippen LogP contribution is -1.88. The summed E-state index contributed by atoms with van der Waals surface area (Å²) in [6.45, 7) is 0. The fourth-order valence-electron chi connectivity index (χ4n) is 2.12. The van der Waals surface area contributed by atoms with Gasteiger partial charge in [0.15, 0.2) is 6.29 Å². The summed E-state index contributed by atoms with van der Waals surface area (Å²) < 4.78 is 5.32. The van der Waals surface area contributed by atoms with Crippen LogP contribution in [0.15, 0.2) is 42.5 Å². The van der Waals surface area contributed by atoms with Gasteiger partial charge in [-0.25, -0.2) is 4.98 Å². The zero-order valence-electron chi connectivity index (χ0n) is 10.4. The number of H-pyrrole nitrogens is 1. The molecule has 1 N–H and O–H groups in total. The summed E-state index contributed by atoms with van der Waals surface area (Å²) in [4.78, 5) is 18.7. The highest BCUT2D eigenvalue weighted by molar-refractivity contribution is 5.95. The van der Waals surface area contributed by atoms with Crippen molar-refractivity contribution in [3.8, 4) is 17.1 Å². The third-order valence-corrected chi connectivity index (χ3v) is 3.03. The summed E-state index contributed by atoms with van der Waals surface area (Å²) in [7, 11) is 1.62. The van der Waals surface area contributed by atoms with Crippen LogP contribution in [0.4, 0.5) is 0 Å². The number of carbonyl (C=O) groups excluding carboxylic acids is 1. The van der Waals surface area contributed by atoms with Gasteiger partial charge in [-0.2, -0.15) is 0 Å². The molecule has 0 amide bonds. The molecule has 1 aromatic heterocycles. The molecule has 2 aromatic carbocycles. The number of aldehydes is 1. The molecule has 19 heavy (non-hydrogen) atoms. The zero-order valence-corrected chi connectivity index (χ0v) is 10.4. The number of carbonyl (C=O) groups is 1. The van der Waals surface area contributed by atoms with E-state index in [1.807, 2.05) is 36.4 Å². The Kier molecular flexibility index (Phi) is 2.76. The lowest BCUT2D eigenvalue weighted by Gasteiger charge is -2.04. The summed E-state index contributed by atoms with van der Waals surface area (Å²) in [5.41, 5.74) is 2.97. The van der Waals surface area contributed by atoms with Gasteiger partial charge in [-0.05, 0) is 24.3 Å². The first-order valence-corrected chi connectivity index (χ1v) is 5.91. The van der Waals surface area contributed by atoms with E-state index in [-0.39, 0.29) is 0 Å². The third kappa shape index (κ3) is 1.87. The van der Waals surface area contributed by atoms with Crippen LogP contribution in [0.3, 0.4) is 0 Å². The van der Waals surface area contributed by atoms with E-state index in [0.717, 1.165) is 23.1 Å². The molecule has 3 rings (SSSR count). The number of imidazole rings is 1.